The van der Waals surface area contributed by atoms with Gasteiger partial charge in [-0.25, -0.2) is 0 Å². The first kappa shape index (κ1) is 32.8. The SMILES string of the molecule is C=C(CO)C(C#Cc1ccc(CN2CCCC2)nc1)NC.CC.CN.CN(C)C/C=C\C=O. The summed E-state index contributed by atoms with van der Waals surface area (Å²) in [5.41, 5.74) is 7.14. The molecule has 1 saturated heterocycles. The Morgan fingerprint density at radius 3 is 2.42 bits per heavy atom. The Labute approximate surface area is 201 Å². The maximum Gasteiger partial charge on any atom is 0.142 e. The minimum absolute atomic E-state index is 0.0623. The summed E-state index contributed by atoms with van der Waals surface area (Å²) in [5, 5.41) is 12.1. The normalized spacial score (nSPS) is 13.4. The van der Waals surface area contributed by atoms with E-state index >= 15 is 0 Å². The van der Waals surface area contributed by atoms with Crippen LogP contribution >= 0.6 is 0 Å². The van der Waals surface area contributed by atoms with Gasteiger partial charge in [0.2, 0.25) is 0 Å². The third-order valence-electron chi connectivity index (χ3n) is 4.36. The molecule has 0 saturated carbocycles. The average molecular weight is 460 g/mol. The van der Waals surface area contributed by atoms with E-state index in [9.17, 15) is 4.79 Å². The van der Waals surface area contributed by atoms with Crippen LogP contribution in [0.15, 0.2) is 42.6 Å². The molecule has 0 radical (unpaired) electrons. The maximum absolute atomic E-state index is 9.68. The number of rotatable bonds is 8. The molecule has 1 aromatic heterocycles. The molecule has 2 rings (SSSR count). The van der Waals surface area contributed by atoms with Crippen molar-refractivity contribution < 1.29 is 9.90 Å². The quantitative estimate of drug-likeness (QED) is 0.237. The lowest BCUT2D eigenvalue weighted by molar-refractivity contribution is -0.104. The summed E-state index contributed by atoms with van der Waals surface area (Å²) in [6, 6.07) is 3.84. The van der Waals surface area contributed by atoms with E-state index in [0.717, 1.165) is 30.6 Å². The van der Waals surface area contributed by atoms with Gasteiger partial charge in [0.25, 0.3) is 0 Å². The van der Waals surface area contributed by atoms with Crippen molar-refractivity contribution in [3.8, 4) is 11.8 Å². The summed E-state index contributed by atoms with van der Waals surface area (Å²) in [6.45, 7) is 11.8. The molecule has 7 heteroatoms. The number of allylic oxidation sites excluding steroid dienone is 1. The van der Waals surface area contributed by atoms with Crippen LogP contribution in [-0.4, -0.2) is 86.7 Å². The van der Waals surface area contributed by atoms with Gasteiger partial charge in [0, 0.05) is 24.8 Å². The smallest absolute Gasteiger partial charge is 0.142 e. The predicted octanol–water partition coefficient (Wildman–Crippen LogP) is 2.07. The van der Waals surface area contributed by atoms with Gasteiger partial charge in [-0.15, -0.1) is 0 Å². The highest BCUT2D eigenvalue weighted by Crippen LogP contribution is 2.11. The first-order valence-electron chi connectivity index (χ1n) is 11.5. The zero-order valence-corrected chi connectivity index (χ0v) is 21.5. The number of nitrogens with one attached hydrogen (secondary N) is 1. The van der Waals surface area contributed by atoms with Crippen LogP contribution in [0.1, 0.15) is 37.9 Å². The van der Waals surface area contributed by atoms with Crippen molar-refractivity contribution in [1.82, 2.24) is 20.1 Å². The number of likely N-dealkylation sites (tertiary alicyclic amines) is 1. The van der Waals surface area contributed by atoms with E-state index in [2.05, 4.69) is 39.4 Å². The Kier molecular flexibility index (Phi) is 22.7. The number of carbonyl (C=O) groups is 1. The standard InChI is InChI=1S/C17H23N3O.C6H11NO.C2H6.CH5N/c1-14(13-21)17(18-2)8-6-15-5-7-16(19-11-15)12-20-9-3-4-10-20;1-7(2)5-3-4-6-8;2*1-2/h5,7,11,17-18,21H,1,3-4,9-10,12-13H2,2H3;3-4,6H,5H2,1-2H3;1-2H3;2H2,1H3/b;4-3-;;. The molecule has 1 atom stereocenters. The van der Waals surface area contributed by atoms with E-state index in [4.69, 9.17) is 5.11 Å². The van der Waals surface area contributed by atoms with E-state index in [0.29, 0.717) is 5.57 Å². The Morgan fingerprint density at radius 1 is 1.33 bits per heavy atom. The summed E-state index contributed by atoms with van der Waals surface area (Å²) in [6.07, 6.45) is 8.50. The van der Waals surface area contributed by atoms with Crippen LogP contribution in [0.4, 0.5) is 0 Å². The lowest BCUT2D eigenvalue weighted by Gasteiger charge is -2.13. The molecule has 186 valence electrons. The number of aliphatic hydroxyl groups is 1. The molecule has 1 unspecified atom stereocenters. The molecular formula is C26H45N5O2. The molecule has 0 spiro atoms. The average Bonchev–Trinajstić information content (AvgIpc) is 3.36. The fraction of sp³-hybridized carbons (Fsp3) is 0.538. The number of hydrogen-bond donors (Lipinski definition) is 3. The third-order valence-corrected chi connectivity index (χ3v) is 4.36. The van der Waals surface area contributed by atoms with Crippen LogP contribution in [0.25, 0.3) is 0 Å². The van der Waals surface area contributed by atoms with E-state index < -0.39 is 0 Å². The van der Waals surface area contributed by atoms with Gasteiger partial charge in [-0.1, -0.05) is 38.3 Å². The number of aromatic nitrogens is 1. The Morgan fingerprint density at radius 2 is 1.97 bits per heavy atom. The van der Waals surface area contributed by atoms with Crippen LogP contribution in [0.3, 0.4) is 0 Å². The van der Waals surface area contributed by atoms with Crippen LogP contribution in [-0.2, 0) is 11.3 Å². The van der Waals surface area contributed by atoms with Gasteiger partial charge in [0.15, 0.2) is 0 Å². The fourth-order valence-corrected chi connectivity index (χ4v) is 2.71. The molecule has 1 aliphatic rings. The van der Waals surface area contributed by atoms with Crippen molar-refractivity contribution in [1.29, 1.82) is 0 Å². The number of pyridine rings is 1. The Bertz CT molecular complexity index is 700. The highest BCUT2D eigenvalue weighted by molar-refractivity contribution is 5.64. The monoisotopic (exact) mass is 459 g/mol. The van der Waals surface area contributed by atoms with E-state index in [1.807, 2.05) is 57.2 Å². The molecule has 0 amide bonds. The Hall–Kier alpha value is -2.34. The lowest BCUT2D eigenvalue weighted by Crippen LogP contribution is -2.26. The second-order valence-electron chi connectivity index (χ2n) is 7.16. The van der Waals surface area contributed by atoms with Gasteiger partial charge < -0.3 is 21.1 Å². The fourth-order valence-electron chi connectivity index (χ4n) is 2.71. The van der Waals surface area contributed by atoms with Crippen molar-refractivity contribution in [2.24, 2.45) is 5.73 Å². The summed E-state index contributed by atoms with van der Waals surface area (Å²) in [7, 11) is 7.21. The van der Waals surface area contributed by atoms with Gasteiger partial charge in [0.05, 0.1) is 18.3 Å². The third kappa shape index (κ3) is 16.9. The summed E-state index contributed by atoms with van der Waals surface area (Å²) >= 11 is 0. The molecule has 0 bridgehead atoms. The highest BCUT2D eigenvalue weighted by atomic mass is 16.3. The van der Waals surface area contributed by atoms with Gasteiger partial charge in [-0.05, 0) is 77.9 Å². The molecule has 1 aromatic rings. The van der Waals surface area contributed by atoms with E-state index in [1.165, 1.54) is 39.1 Å². The van der Waals surface area contributed by atoms with Crippen LogP contribution in [0.5, 0.6) is 0 Å². The predicted molar refractivity (Wildman–Crippen MR) is 140 cm³/mol. The van der Waals surface area contributed by atoms with E-state index in [1.54, 1.807) is 7.05 Å². The molecule has 1 fully saturated rings. The lowest BCUT2D eigenvalue weighted by atomic mass is 10.1. The van der Waals surface area contributed by atoms with Crippen molar-refractivity contribution in [3.05, 3.63) is 53.9 Å². The molecule has 0 aromatic carbocycles. The summed E-state index contributed by atoms with van der Waals surface area (Å²) in [4.78, 5) is 18.6. The number of aliphatic hydroxyl groups excluding tert-OH is 1. The molecular weight excluding hydrogens is 414 g/mol. The number of nitrogens with zero attached hydrogens (tertiary/aromatic N) is 3. The second-order valence-corrected chi connectivity index (χ2v) is 7.16. The first-order valence-corrected chi connectivity index (χ1v) is 11.5. The van der Waals surface area contributed by atoms with Gasteiger partial charge in [0.1, 0.15) is 6.29 Å². The first-order chi connectivity index (χ1) is 16.0. The number of hydrogen-bond acceptors (Lipinski definition) is 7. The van der Waals surface area contributed by atoms with Gasteiger partial charge >= 0.3 is 0 Å². The van der Waals surface area contributed by atoms with Crippen molar-refractivity contribution in [3.63, 3.8) is 0 Å². The zero-order chi connectivity index (χ0) is 25.5. The molecule has 33 heavy (non-hydrogen) atoms. The topological polar surface area (TPSA) is 94.7 Å². The molecule has 7 nitrogen and oxygen atoms in total. The van der Waals surface area contributed by atoms with Crippen LogP contribution < -0.4 is 11.1 Å². The van der Waals surface area contributed by atoms with Crippen molar-refractivity contribution in [2.75, 3.05) is 54.4 Å². The second kappa shape index (κ2) is 22.8. The maximum atomic E-state index is 9.68. The number of likely N-dealkylation sites (N-methyl/N-ethyl adjacent to an activating group) is 2. The summed E-state index contributed by atoms with van der Waals surface area (Å²) in [5.74, 6) is 6.13. The molecule has 0 aliphatic carbocycles. The number of aldehydes is 1. The van der Waals surface area contributed by atoms with E-state index in [-0.39, 0.29) is 12.6 Å². The van der Waals surface area contributed by atoms with Crippen molar-refractivity contribution in [2.45, 2.75) is 39.3 Å². The zero-order valence-electron chi connectivity index (χ0n) is 21.5. The summed E-state index contributed by atoms with van der Waals surface area (Å²) < 4.78 is 0. The van der Waals surface area contributed by atoms with Crippen LogP contribution in [0, 0.1) is 11.8 Å². The minimum Gasteiger partial charge on any atom is -0.392 e. The largest absolute Gasteiger partial charge is 0.392 e. The highest BCUT2D eigenvalue weighted by Gasteiger charge is 2.12. The molecule has 2 heterocycles. The molecule has 4 N–H and O–H groups in total. The van der Waals surface area contributed by atoms with Gasteiger partial charge in [-0.3, -0.25) is 14.7 Å². The van der Waals surface area contributed by atoms with Crippen molar-refractivity contribution >= 4 is 6.29 Å². The minimum atomic E-state index is -0.195. The number of carbonyl (C=O) groups excluding carboxylic acids is 1. The van der Waals surface area contributed by atoms with Gasteiger partial charge in [-0.2, -0.15) is 0 Å². The Balaban J connectivity index is 0. The van der Waals surface area contributed by atoms with Crippen LogP contribution in [0.2, 0.25) is 0 Å². The molecule has 1 aliphatic heterocycles. The number of nitrogens with two attached hydrogens (primary N) is 1.